The van der Waals surface area contributed by atoms with Gasteiger partial charge in [0, 0.05) is 48.9 Å². The first-order valence-electron chi connectivity index (χ1n) is 15.2. The van der Waals surface area contributed by atoms with Crippen LogP contribution in [0, 0.1) is 0 Å². The lowest BCUT2D eigenvalue weighted by molar-refractivity contribution is -0.679. The monoisotopic (exact) mass is 762 g/mol. The van der Waals surface area contributed by atoms with Crippen molar-refractivity contribution in [3.05, 3.63) is 71.0 Å². The van der Waals surface area contributed by atoms with Gasteiger partial charge in [-0.3, -0.25) is 0 Å². The van der Waals surface area contributed by atoms with Crippen LogP contribution in [0.2, 0.25) is 0 Å². The number of fused-ring (bicyclic) bond motifs is 4. The molecular formula is C34H44I2N4. The fourth-order valence-electron chi connectivity index (χ4n) is 7.23. The number of nitrogens with zero attached hydrogens (tertiary/aromatic N) is 2. The molecule has 0 saturated carbocycles. The van der Waals surface area contributed by atoms with Gasteiger partial charge in [-0.25, -0.2) is 0 Å². The van der Waals surface area contributed by atoms with Crippen molar-refractivity contribution < 1.29 is 57.1 Å². The zero-order valence-corrected chi connectivity index (χ0v) is 28.1. The van der Waals surface area contributed by atoms with Crippen molar-refractivity contribution in [2.75, 3.05) is 11.5 Å². The van der Waals surface area contributed by atoms with Crippen molar-refractivity contribution in [3.8, 4) is 0 Å². The van der Waals surface area contributed by atoms with E-state index in [2.05, 4.69) is 57.7 Å². The number of hydrogen-bond donors (Lipinski definition) is 2. The second-order valence-electron chi connectivity index (χ2n) is 11.6. The predicted molar refractivity (Wildman–Crippen MR) is 158 cm³/mol. The Balaban J connectivity index is 0.00000185. The quantitative estimate of drug-likeness (QED) is 0.133. The summed E-state index contributed by atoms with van der Waals surface area (Å²) in [6, 6.07) is 17.4. The van der Waals surface area contributed by atoms with E-state index >= 15 is 0 Å². The van der Waals surface area contributed by atoms with Crippen molar-refractivity contribution in [1.82, 2.24) is 0 Å². The minimum absolute atomic E-state index is 0. The molecule has 0 unspecified atom stereocenters. The predicted octanol–water partition coefficient (Wildman–Crippen LogP) is 0.539. The molecule has 6 heteroatoms. The fourth-order valence-corrected chi connectivity index (χ4v) is 7.23. The van der Waals surface area contributed by atoms with E-state index in [4.69, 9.17) is 11.5 Å². The van der Waals surface area contributed by atoms with Gasteiger partial charge in [-0.05, 0) is 50.7 Å². The van der Waals surface area contributed by atoms with Gasteiger partial charge in [0.1, 0.15) is 13.1 Å². The van der Waals surface area contributed by atoms with Crippen LogP contribution < -0.4 is 68.6 Å². The zero-order valence-electron chi connectivity index (χ0n) is 23.7. The highest BCUT2D eigenvalue weighted by Gasteiger charge is 2.29. The number of nitrogen functional groups attached to an aromatic ring is 2. The Bertz CT molecular complexity index is 1360. The number of aryl methyl sites for hydroxylation is 2. The standard InChI is InChI=1S/C34H42N4.2HI/c35-33-25-15-7-9-19-29(25)37(31-21-13-17-27(31)33)23-11-5-3-1-2-4-6-12-24-38-30-20-10-8-16-26(30)34(36)28-18-14-22-32(28)38;;/h7-10,15-16,19-20,35-36H,1-6,11-14,17-18,21-24H2;2*1H. The molecule has 0 saturated heterocycles. The van der Waals surface area contributed by atoms with Crippen molar-refractivity contribution in [3.63, 3.8) is 0 Å². The summed E-state index contributed by atoms with van der Waals surface area (Å²) in [4.78, 5) is 0. The molecule has 4 nitrogen and oxygen atoms in total. The Morgan fingerprint density at radius 3 is 1.30 bits per heavy atom. The molecule has 214 valence electrons. The van der Waals surface area contributed by atoms with E-state index in [1.165, 1.54) is 121 Å². The summed E-state index contributed by atoms with van der Waals surface area (Å²) in [5.74, 6) is 0. The highest BCUT2D eigenvalue weighted by Crippen LogP contribution is 2.32. The summed E-state index contributed by atoms with van der Waals surface area (Å²) >= 11 is 0. The number of unbranched alkanes of at least 4 members (excludes halogenated alkanes) is 7. The van der Waals surface area contributed by atoms with Gasteiger partial charge < -0.3 is 59.4 Å². The Morgan fingerprint density at radius 2 is 0.875 bits per heavy atom. The molecule has 0 atom stereocenters. The molecule has 2 aliphatic carbocycles. The first kappa shape index (κ1) is 31.3. The molecule has 2 aromatic carbocycles. The number of para-hydroxylation sites is 2. The second-order valence-corrected chi connectivity index (χ2v) is 11.6. The number of benzene rings is 2. The van der Waals surface area contributed by atoms with E-state index in [1.54, 1.807) is 0 Å². The minimum Gasteiger partial charge on any atom is -1.00 e. The van der Waals surface area contributed by atoms with Gasteiger partial charge in [0.25, 0.3) is 0 Å². The van der Waals surface area contributed by atoms with Crippen LogP contribution in [0.1, 0.15) is 86.7 Å². The number of halogens is 2. The van der Waals surface area contributed by atoms with E-state index in [-0.39, 0.29) is 48.0 Å². The first-order chi connectivity index (χ1) is 18.7. The second kappa shape index (κ2) is 14.5. The van der Waals surface area contributed by atoms with E-state index in [9.17, 15) is 0 Å². The lowest BCUT2D eigenvalue weighted by atomic mass is 10.0. The molecule has 4 N–H and O–H groups in total. The van der Waals surface area contributed by atoms with Gasteiger partial charge in [-0.15, -0.1) is 0 Å². The summed E-state index contributed by atoms with van der Waals surface area (Å²) < 4.78 is 5.17. The van der Waals surface area contributed by atoms with Gasteiger partial charge in [0.05, 0.1) is 22.1 Å². The van der Waals surface area contributed by atoms with Crippen LogP contribution in [0.4, 0.5) is 11.4 Å². The number of anilines is 2. The Morgan fingerprint density at radius 1 is 0.500 bits per heavy atom. The van der Waals surface area contributed by atoms with Crippen LogP contribution in [0.15, 0.2) is 48.5 Å². The SMILES string of the molecule is Nc1c2c([n+](CCCCCCCCCC[n+]3c4c(c(N)c5ccccc53)CCC4)c3ccccc13)CCC2.[I-].[I-]. The lowest BCUT2D eigenvalue weighted by Gasteiger charge is -2.11. The smallest absolute Gasteiger partial charge is 0.214 e. The van der Waals surface area contributed by atoms with Crippen molar-refractivity contribution in [2.24, 2.45) is 0 Å². The number of hydrogen-bond acceptors (Lipinski definition) is 2. The summed E-state index contributed by atoms with van der Waals surface area (Å²) in [6.07, 6.45) is 17.7. The molecule has 2 aliphatic rings. The molecule has 0 amide bonds. The largest absolute Gasteiger partial charge is 1.00 e. The van der Waals surface area contributed by atoms with Crippen LogP contribution in [-0.2, 0) is 38.8 Å². The molecule has 0 aliphatic heterocycles. The average molecular weight is 763 g/mol. The summed E-state index contributed by atoms with van der Waals surface area (Å²) in [5.41, 5.74) is 23.6. The lowest BCUT2D eigenvalue weighted by Crippen LogP contribution is -3.00. The number of rotatable bonds is 11. The number of pyridine rings is 2. The van der Waals surface area contributed by atoms with E-state index in [0.29, 0.717) is 0 Å². The molecule has 0 fully saturated rings. The van der Waals surface area contributed by atoms with Crippen LogP contribution in [-0.4, -0.2) is 0 Å². The van der Waals surface area contributed by atoms with Crippen molar-refractivity contribution >= 4 is 33.2 Å². The molecule has 0 spiro atoms. The zero-order chi connectivity index (χ0) is 25.9. The molecule has 0 bridgehead atoms. The van der Waals surface area contributed by atoms with Crippen LogP contribution in [0.3, 0.4) is 0 Å². The van der Waals surface area contributed by atoms with Gasteiger partial charge >= 0.3 is 0 Å². The minimum atomic E-state index is 0. The van der Waals surface area contributed by atoms with Crippen LogP contribution in [0.25, 0.3) is 21.8 Å². The maximum Gasteiger partial charge on any atom is 0.214 e. The van der Waals surface area contributed by atoms with Crippen LogP contribution >= 0.6 is 0 Å². The third-order valence-corrected chi connectivity index (χ3v) is 9.16. The van der Waals surface area contributed by atoms with Gasteiger partial charge in [0.15, 0.2) is 11.4 Å². The highest BCUT2D eigenvalue weighted by atomic mass is 127. The summed E-state index contributed by atoms with van der Waals surface area (Å²) in [6.45, 7) is 2.25. The molecule has 2 heterocycles. The summed E-state index contributed by atoms with van der Waals surface area (Å²) in [5, 5.41) is 2.48. The van der Waals surface area contributed by atoms with Gasteiger partial charge in [-0.1, -0.05) is 49.9 Å². The average Bonchev–Trinajstić information content (AvgIpc) is 3.64. The first-order valence-corrected chi connectivity index (χ1v) is 15.2. The van der Waals surface area contributed by atoms with Crippen LogP contribution in [0.5, 0.6) is 0 Å². The Labute approximate surface area is 274 Å². The molecular weight excluding hydrogens is 718 g/mol. The molecule has 40 heavy (non-hydrogen) atoms. The van der Waals surface area contributed by atoms with Gasteiger partial charge in [-0.2, -0.15) is 9.13 Å². The maximum atomic E-state index is 6.55. The highest BCUT2D eigenvalue weighted by molar-refractivity contribution is 5.90. The van der Waals surface area contributed by atoms with Crippen molar-refractivity contribution in [2.45, 2.75) is 103 Å². The third-order valence-electron chi connectivity index (χ3n) is 9.16. The molecule has 2 aromatic heterocycles. The van der Waals surface area contributed by atoms with Gasteiger partial charge in [0.2, 0.25) is 11.0 Å². The molecule has 4 aromatic rings. The Hall–Kier alpha value is -1.68. The number of aromatic nitrogens is 2. The fraction of sp³-hybridized carbons (Fsp3) is 0.471. The Kier molecular flexibility index (Phi) is 11.3. The maximum absolute atomic E-state index is 6.55. The normalized spacial score (nSPS) is 13.7. The summed E-state index contributed by atoms with van der Waals surface area (Å²) in [7, 11) is 0. The molecule has 0 radical (unpaired) electrons. The van der Waals surface area contributed by atoms with E-state index < -0.39 is 0 Å². The number of nitrogens with two attached hydrogens (primary N) is 2. The van der Waals surface area contributed by atoms with Crippen molar-refractivity contribution in [1.29, 1.82) is 0 Å². The molecule has 6 rings (SSSR count). The topological polar surface area (TPSA) is 59.8 Å². The third kappa shape index (κ3) is 6.22. The van der Waals surface area contributed by atoms with E-state index in [0.717, 1.165) is 37.3 Å². The van der Waals surface area contributed by atoms with E-state index in [1.807, 2.05) is 0 Å².